The van der Waals surface area contributed by atoms with E-state index >= 15 is 0 Å². The van der Waals surface area contributed by atoms with Gasteiger partial charge in [-0.2, -0.15) is 0 Å². The van der Waals surface area contributed by atoms with Crippen molar-refractivity contribution >= 4 is 16.1 Å². The number of hydrogen-bond acceptors (Lipinski definition) is 1. The van der Waals surface area contributed by atoms with Crippen LogP contribution in [0.4, 0.5) is 0 Å². The predicted octanol–water partition coefficient (Wildman–Crippen LogP) is 2.56. The van der Waals surface area contributed by atoms with Gasteiger partial charge >= 0.3 is 0 Å². The van der Waals surface area contributed by atoms with Gasteiger partial charge < -0.3 is 0 Å². The second-order valence-electron chi connectivity index (χ2n) is 2.97. The van der Waals surface area contributed by atoms with Gasteiger partial charge in [-0.1, -0.05) is 6.42 Å². The topological polar surface area (TPSA) is 3.24 Å². The summed E-state index contributed by atoms with van der Waals surface area (Å²) in [4.78, 5) is 0. The summed E-state index contributed by atoms with van der Waals surface area (Å²) in [6, 6.07) is 1.46. The van der Waals surface area contributed by atoms with Crippen LogP contribution in [0.15, 0.2) is 0 Å². The Kier molecular flexibility index (Phi) is 2.53. The zero-order valence-corrected chi connectivity index (χ0v) is 7.69. The fourth-order valence-electron chi connectivity index (χ4n) is 1.39. The zero-order valence-electron chi connectivity index (χ0n) is 6.10. The predicted molar refractivity (Wildman–Crippen MR) is 43.5 cm³/mol. The van der Waals surface area contributed by atoms with Crippen LogP contribution in [0.2, 0.25) is 0 Å². The number of nitrogens with zero attached hydrogens (tertiary/aromatic N) is 1. The molecule has 0 saturated carbocycles. The Morgan fingerprint density at radius 1 is 1.22 bits per heavy atom. The average molecular weight is 192 g/mol. The Hall–Kier alpha value is 0.440. The van der Waals surface area contributed by atoms with Gasteiger partial charge in [-0.05, 0) is 26.7 Å². The summed E-state index contributed by atoms with van der Waals surface area (Å²) in [6.07, 6.45) is 4.08. The second kappa shape index (κ2) is 3.02. The summed E-state index contributed by atoms with van der Waals surface area (Å²) in [7, 11) is 0. The van der Waals surface area contributed by atoms with Crippen molar-refractivity contribution in [3.8, 4) is 0 Å². The Morgan fingerprint density at radius 2 is 1.67 bits per heavy atom. The summed E-state index contributed by atoms with van der Waals surface area (Å²) in [6.45, 7) is 4.54. The molecule has 0 radical (unpaired) electrons. The normalized spacial score (nSPS) is 39.0. The van der Waals surface area contributed by atoms with E-state index in [-0.39, 0.29) is 0 Å². The van der Waals surface area contributed by atoms with Crippen molar-refractivity contribution in [3.05, 3.63) is 0 Å². The fourth-order valence-corrected chi connectivity index (χ4v) is 1.80. The van der Waals surface area contributed by atoms with Gasteiger partial charge in [0.2, 0.25) is 0 Å². The molecule has 0 spiro atoms. The lowest BCUT2D eigenvalue weighted by atomic mass is 10.0. The molecule has 1 fully saturated rings. The Morgan fingerprint density at radius 3 is 2.00 bits per heavy atom. The van der Waals surface area contributed by atoms with Crippen molar-refractivity contribution < 1.29 is 0 Å². The highest BCUT2D eigenvalue weighted by Crippen LogP contribution is 2.24. The first-order valence-electron chi connectivity index (χ1n) is 3.66. The Bertz CT molecular complexity index is 84.9. The summed E-state index contributed by atoms with van der Waals surface area (Å²) < 4.78 is 2.29. The summed E-state index contributed by atoms with van der Waals surface area (Å²) in [5, 5.41) is 0. The smallest absolute Gasteiger partial charge is 0.0180 e. The molecule has 1 heterocycles. The van der Waals surface area contributed by atoms with Crippen LogP contribution in [-0.4, -0.2) is 16.0 Å². The standard InChI is InChI=1S/C7H14BrN/c1-6-4-3-5-7(2)9(6)8/h6-7H,3-5H2,1-2H3. The van der Waals surface area contributed by atoms with Crippen molar-refractivity contribution in [1.29, 1.82) is 0 Å². The van der Waals surface area contributed by atoms with E-state index in [0.29, 0.717) is 0 Å². The van der Waals surface area contributed by atoms with Gasteiger partial charge in [0.25, 0.3) is 0 Å². The van der Waals surface area contributed by atoms with Gasteiger partial charge in [0.05, 0.1) is 0 Å². The Labute approximate surface area is 65.8 Å². The molecule has 0 aromatic rings. The third-order valence-electron chi connectivity index (χ3n) is 2.09. The number of rotatable bonds is 0. The molecule has 2 unspecified atom stereocenters. The van der Waals surface area contributed by atoms with Crippen LogP contribution in [-0.2, 0) is 0 Å². The van der Waals surface area contributed by atoms with E-state index in [1.807, 2.05) is 0 Å². The van der Waals surface area contributed by atoms with E-state index in [0.717, 1.165) is 12.1 Å². The molecule has 0 amide bonds. The maximum atomic E-state index is 3.55. The molecule has 2 atom stereocenters. The SMILES string of the molecule is CC1CCCC(C)N1Br. The van der Waals surface area contributed by atoms with E-state index in [9.17, 15) is 0 Å². The second-order valence-corrected chi connectivity index (χ2v) is 3.79. The molecule has 0 N–H and O–H groups in total. The third kappa shape index (κ3) is 1.68. The van der Waals surface area contributed by atoms with Gasteiger partial charge in [0.1, 0.15) is 0 Å². The summed E-state index contributed by atoms with van der Waals surface area (Å²) >= 11 is 3.55. The maximum absolute atomic E-state index is 3.55. The Balaban J connectivity index is 2.41. The van der Waals surface area contributed by atoms with E-state index in [2.05, 4.69) is 33.9 Å². The van der Waals surface area contributed by atoms with E-state index in [1.165, 1.54) is 19.3 Å². The first-order chi connectivity index (χ1) is 4.22. The molecule has 0 aromatic carbocycles. The van der Waals surface area contributed by atoms with Crippen LogP contribution in [0.1, 0.15) is 33.1 Å². The molecule has 0 aromatic heterocycles. The zero-order chi connectivity index (χ0) is 6.85. The molecule has 54 valence electrons. The molecule has 1 aliphatic heterocycles. The first-order valence-corrected chi connectivity index (χ1v) is 4.37. The minimum Gasteiger partial charge on any atom is -0.237 e. The van der Waals surface area contributed by atoms with Crippen LogP contribution in [0, 0.1) is 0 Å². The van der Waals surface area contributed by atoms with Gasteiger partial charge in [0.15, 0.2) is 0 Å². The minimum absolute atomic E-state index is 0.730. The summed E-state index contributed by atoms with van der Waals surface area (Å²) in [5.41, 5.74) is 0. The molecule has 1 saturated heterocycles. The minimum atomic E-state index is 0.730. The van der Waals surface area contributed by atoms with Crippen LogP contribution in [0.5, 0.6) is 0 Å². The largest absolute Gasteiger partial charge is 0.237 e. The van der Waals surface area contributed by atoms with Gasteiger partial charge in [-0.3, -0.25) is 0 Å². The molecular formula is C7H14BrN. The van der Waals surface area contributed by atoms with Gasteiger partial charge in [0, 0.05) is 28.2 Å². The van der Waals surface area contributed by atoms with Crippen LogP contribution < -0.4 is 0 Å². The molecule has 0 bridgehead atoms. The highest BCUT2D eigenvalue weighted by molar-refractivity contribution is 9.07. The van der Waals surface area contributed by atoms with Crippen molar-refractivity contribution in [2.24, 2.45) is 0 Å². The van der Waals surface area contributed by atoms with E-state index < -0.39 is 0 Å². The lowest BCUT2D eigenvalue weighted by Gasteiger charge is -2.33. The van der Waals surface area contributed by atoms with Crippen molar-refractivity contribution in [2.75, 3.05) is 0 Å². The van der Waals surface area contributed by atoms with Gasteiger partial charge in [-0.25, -0.2) is 3.93 Å². The number of piperidine rings is 1. The highest BCUT2D eigenvalue weighted by atomic mass is 79.9. The van der Waals surface area contributed by atoms with E-state index in [4.69, 9.17) is 0 Å². The van der Waals surface area contributed by atoms with E-state index in [1.54, 1.807) is 0 Å². The monoisotopic (exact) mass is 191 g/mol. The van der Waals surface area contributed by atoms with Crippen LogP contribution >= 0.6 is 16.1 Å². The number of hydrogen-bond donors (Lipinski definition) is 0. The van der Waals surface area contributed by atoms with Crippen molar-refractivity contribution in [3.63, 3.8) is 0 Å². The van der Waals surface area contributed by atoms with Crippen LogP contribution in [0.25, 0.3) is 0 Å². The quantitative estimate of drug-likeness (QED) is 0.533. The lowest BCUT2D eigenvalue weighted by molar-refractivity contribution is 0.233. The molecular weight excluding hydrogens is 178 g/mol. The lowest BCUT2D eigenvalue weighted by Crippen LogP contribution is -2.35. The molecule has 1 aliphatic rings. The average Bonchev–Trinajstić information content (AvgIpc) is 1.83. The van der Waals surface area contributed by atoms with Gasteiger partial charge in [-0.15, -0.1) is 0 Å². The summed E-state index contributed by atoms with van der Waals surface area (Å²) in [5.74, 6) is 0. The first kappa shape index (κ1) is 7.55. The highest BCUT2D eigenvalue weighted by Gasteiger charge is 2.21. The fraction of sp³-hybridized carbons (Fsp3) is 1.00. The molecule has 0 aliphatic carbocycles. The molecule has 1 rings (SSSR count). The van der Waals surface area contributed by atoms with Crippen molar-refractivity contribution in [1.82, 2.24) is 3.93 Å². The molecule has 2 heteroatoms. The van der Waals surface area contributed by atoms with Crippen LogP contribution in [0.3, 0.4) is 0 Å². The third-order valence-corrected chi connectivity index (χ3v) is 3.48. The maximum Gasteiger partial charge on any atom is 0.0180 e. The molecule has 1 nitrogen and oxygen atoms in total. The number of halogens is 1. The van der Waals surface area contributed by atoms with Crippen molar-refractivity contribution in [2.45, 2.75) is 45.2 Å². The molecule has 9 heavy (non-hydrogen) atoms.